The number of aryl methyl sites for hydroxylation is 1. The van der Waals surface area contributed by atoms with E-state index in [2.05, 4.69) is 15.6 Å². The molecular formula is C19H24N4O2. The molecule has 25 heavy (non-hydrogen) atoms. The molecule has 2 fully saturated rings. The average molecular weight is 340 g/mol. The maximum atomic E-state index is 12.4. The van der Waals surface area contributed by atoms with Crippen LogP contribution >= 0.6 is 0 Å². The number of anilines is 1. The van der Waals surface area contributed by atoms with Gasteiger partial charge in [-0.25, -0.2) is 9.78 Å². The number of nitrogens with zero attached hydrogens (tertiary/aromatic N) is 2. The van der Waals surface area contributed by atoms with Gasteiger partial charge in [0.25, 0.3) is 0 Å². The van der Waals surface area contributed by atoms with Crippen molar-refractivity contribution in [2.45, 2.75) is 25.3 Å². The second-order valence-electron chi connectivity index (χ2n) is 7.25. The van der Waals surface area contributed by atoms with Crippen molar-refractivity contribution in [2.24, 2.45) is 24.8 Å². The third-order valence-corrected chi connectivity index (χ3v) is 5.80. The molecule has 4 unspecified atom stereocenters. The van der Waals surface area contributed by atoms with Crippen LogP contribution in [0.5, 0.6) is 0 Å². The topological polar surface area (TPSA) is 79.2 Å². The van der Waals surface area contributed by atoms with Gasteiger partial charge in [-0.15, -0.1) is 0 Å². The second kappa shape index (κ2) is 6.52. The number of rotatable bonds is 4. The molecule has 4 atom stereocenters. The van der Waals surface area contributed by atoms with Crippen molar-refractivity contribution in [3.05, 3.63) is 36.7 Å². The lowest BCUT2D eigenvalue weighted by Gasteiger charge is -2.30. The first-order valence-corrected chi connectivity index (χ1v) is 8.92. The molecule has 1 heterocycles. The van der Waals surface area contributed by atoms with Gasteiger partial charge >= 0.3 is 6.03 Å². The van der Waals surface area contributed by atoms with E-state index in [0.717, 1.165) is 29.9 Å². The summed E-state index contributed by atoms with van der Waals surface area (Å²) in [5.74, 6) is 2.12. The van der Waals surface area contributed by atoms with E-state index in [1.165, 1.54) is 6.42 Å². The number of fused-ring (bicyclic) bond motifs is 2. The van der Waals surface area contributed by atoms with Gasteiger partial charge in [-0.2, -0.15) is 0 Å². The smallest absolute Gasteiger partial charge is 0.319 e. The Balaban J connectivity index is 1.44. The van der Waals surface area contributed by atoms with Gasteiger partial charge in [0.05, 0.1) is 0 Å². The molecule has 6 heteroatoms. The first-order chi connectivity index (χ1) is 12.2. The number of amides is 2. The van der Waals surface area contributed by atoms with Crippen molar-refractivity contribution in [1.82, 2.24) is 14.9 Å². The number of hydrogen-bond acceptors (Lipinski definition) is 3. The minimum Gasteiger partial charge on any atom is -0.396 e. The summed E-state index contributed by atoms with van der Waals surface area (Å²) >= 11 is 0. The zero-order valence-corrected chi connectivity index (χ0v) is 14.4. The van der Waals surface area contributed by atoms with Gasteiger partial charge in [-0.1, -0.05) is 12.1 Å². The molecule has 2 bridgehead atoms. The summed E-state index contributed by atoms with van der Waals surface area (Å²) in [5.41, 5.74) is 1.69. The Morgan fingerprint density at radius 3 is 2.96 bits per heavy atom. The Morgan fingerprint density at radius 2 is 2.20 bits per heavy atom. The minimum atomic E-state index is -0.201. The number of nitrogens with one attached hydrogen (secondary N) is 2. The van der Waals surface area contributed by atoms with Gasteiger partial charge in [-0.3, -0.25) is 0 Å². The van der Waals surface area contributed by atoms with Crippen LogP contribution in [0, 0.1) is 17.8 Å². The van der Waals surface area contributed by atoms with Gasteiger partial charge in [0.2, 0.25) is 0 Å². The van der Waals surface area contributed by atoms with Crippen LogP contribution in [0.15, 0.2) is 36.7 Å². The lowest BCUT2D eigenvalue weighted by Crippen LogP contribution is -2.46. The largest absolute Gasteiger partial charge is 0.396 e. The highest BCUT2D eigenvalue weighted by atomic mass is 16.3. The fourth-order valence-electron chi connectivity index (χ4n) is 4.60. The lowest BCUT2D eigenvalue weighted by atomic mass is 9.85. The van der Waals surface area contributed by atoms with Crippen molar-refractivity contribution in [3.8, 4) is 11.4 Å². The third-order valence-electron chi connectivity index (χ3n) is 5.80. The van der Waals surface area contributed by atoms with Crippen molar-refractivity contribution in [3.63, 3.8) is 0 Å². The van der Waals surface area contributed by atoms with Crippen LogP contribution in [0.3, 0.4) is 0 Å². The van der Waals surface area contributed by atoms with Gasteiger partial charge in [-0.05, 0) is 43.2 Å². The van der Waals surface area contributed by atoms with Crippen LogP contribution in [-0.4, -0.2) is 33.3 Å². The number of carbonyl (C=O) groups is 1. The molecule has 4 rings (SSSR count). The molecule has 2 amide bonds. The van der Waals surface area contributed by atoms with E-state index in [1.807, 2.05) is 42.1 Å². The molecule has 3 N–H and O–H groups in total. The van der Waals surface area contributed by atoms with Crippen LogP contribution in [0.25, 0.3) is 11.4 Å². The first kappa shape index (κ1) is 16.1. The third kappa shape index (κ3) is 3.02. The summed E-state index contributed by atoms with van der Waals surface area (Å²) in [6, 6.07) is 7.56. The van der Waals surface area contributed by atoms with Crippen LogP contribution in [0.2, 0.25) is 0 Å². The summed E-state index contributed by atoms with van der Waals surface area (Å²) in [4.78, 5) is 16.8. The number of imidazole rings is 1. The maximum Gasteiger partial charge on any atom is 0.319 e. The van der Waals surface area contributed by atoms with E-state index in [-0.39, 0.29) is 24.6 Å². The summed E-state index contributed by atoms with van der Waals surface area (Å²) in [6.45, 7) is 0.154. The average Bonchev–Trinajstić information content (AvgIpc) is 3.31. The van der Waals surface area contributed by atoms with E-state index >= 15 is 0 Å². The number of hydrogen-bond donors (Lipinski definition) is 3. The van der Waals surface area contributed by atoms with Crippen LogP contribution in [0.1, 0.15) is 19.3 Å². The molecule has 0 saturated heterocycles. The standard InChI is InChI=1S/C19H24N4O2/c1-23-8-7-20-18(23)14-3-2-4-15(10-14)21-19(25)22-17-13-6-5-12(9-13)16(17)11-24/h2-4,7-8,10,12-13,16-17,24H,5-6,9,11H2,1H3,(H2,21,22,25). The predicted octanol–water partition coefficient (Wildman–Crippen LogP) is 2.62. The molecule has 2 saturated carbocycles. The molecule has 132 valence electrons. The van der Waals surface area contributed by atoms with E-state index in [4.69, 9.17) is 0 Å². The summed E-state index contributed by atoms with van der Waals surface area (Å²) in [5, 5.41) is 15.7. The Morgan fingerprint density at radius 1 is 1.36 bits per heavy atom. The van der Waals surface area contributed by atoms with E-state index in [9.17, 15) is 9.90 Å². The monoisotopic (exact) mass is 340 g/mol. The molecule has 6 nitrogen and oxygen atoms in total. The van der Waals surface area contributed by atoms with Crippen LogP contribution in [-0.2, 0) is 7.05 Å². The lowest BCUT2D eigenvalue weighted by molar-refractivity contribution is 0.146. The van der Waals surface area contributed by atoms with Gasteiger partial charge in [0.15, 0.2) is 0 Å². The molecule has 1 aromatic carbocycles. The van der Waals surface area contributed by atoms with Crippen molar-refractivity contribution < 1.29 is 9.90 Å². The Labute approximate surface area is 147 Å². The normalized spacial score (nSPS) is 27.4. The minimum absolute atomic E-state index is 0.0847. The first-order valence-electron chi connectivity index (χ1n) is 8.92. The summed E-state index contributed by atoms with van der Waals surface area (Å²) in [6.07, 6.45) is 7.12. The highest BCUT2D eigenvalue weighted by Crippen LogP contribution is 2.48. The molecule has 2 aromatic rings. The quantitative estimate of drug-likeness (QED) is 0.800. The SMILES string of the molecule is Cn1ccnc1-c1cccc(NC(=O)NC2C3CCC(C3)C2CO)c1. The molecule has 0 aliphatic heterocycles. The number of aliphatic hydroxyl groups excluding tert-OH is 1. The predicted molar refractivity (Wildman–Crippen MR) is 96.0 cm³/mol. The molecule has 1 aromatic heterocycles. The second-order valence-corrected chi connectivity index (χ2v) is 7.25. The van der Waals surface area contributed by atoms with Crippen molar-refractivity contribution in [1.29, 1.82) is 0 Å². The van der Waals surface area contributed by atoms with Crippen LogP contribution in [0.4, 0.5) is 10.5 Å². The number of aromatic nitrogens is 2. The van der Waals surface area contributed by atoms with E-state index < -0.39 is 0 Å². The van der Waals surface area contributed by atoms with Crippen molar-refractivity contribution in [2.75, 3.05) is 11.9 Å². The Kier molecular flexibility index (Phi) is 4.21. The molecule has 0 radical (unpaired) electrons. The number of aliphatic hydroxyl groups is 1. The van der Waals surface area contributed by atoms with Gasteiger partial charge in [0, 0.05) is 49.3 Å². The molecule has 2 aliphatic rings. The fourth-order valence-corrected chi connectivity index (χ4v) is 4.60. The summed E-state index contributed by atoms with van der Waals surface area (Å²) in [7, 11) is 1.94. The van der Waals surface area contributed by atoms with Gasteiger partial charge < -0.3 is 20.3 Å². The van der Waals surface area contributed by atoms with Gasteiger partial charge in [0.1, 0.15) is 5.82 Å². The summed E-state index contributed by atoms with van der Waals surface area (Å²) < 4.78 is 1.94. The zero-order chi connectivity index (χ0) is 17.4. The van der Waals surface area contributed by atoms with Crippen LogP contribution < -0.4 is 10.6 Å². The maximum absolute atomic E-state index is 12.4. The van der Waals surface area contributed by atoms with E-state index in [0.29, 0.717) is 11.8 Å². The molecule has 0 spiro atoms. The number of carbonyl (C=O) groups excluding carboxylic acids is 1. The Bertz CT molecular complexity index is 772. The highest BCUT2D eigenvalue weighted by molar-refractivity contribution is 5.90. The number of benzene rings is 1. The fraction of sp³-hybridized carbons (Fsp3) is 0.474. The number of urea groups is 1. The van der Waals surface area contributed by atoms with Crippen molar-refractivity contribution >= 4 is 11.7 Å². The Hall–Kier alpha value is -2.34. The zero-order valence-electron chi connectivity index (χ0n) is 14.4. The molecule has 2 aliphatic carbocycles. The van der Waals surface area contributed by atoms with E-state index in [1.54, 1.807) is 6.20 Å². The molecular weight excluding hydrogens is 316 g/mol. The highest BCUT2D eigenvalue weighted by Gasteiger charge is 2.47.